The second-order valence-electron chi connectivity index (χ2n) is 6.85. The van der Waals surface area contributed by atoms with E-state index in [4.69, 9.17) is 0 Å². The predicted molar refractivity (Wildman–Crippen MR) is 101 cm³/mol. The van der Waals surface area contributed by atoms with Crippen molar-refractivity contribution in [3.8, 4) is 0 Å². The average Bonchev–Trinajstić information content (AvgIpc) is 2.62. The fraction of sp³-hybridized carbons (Fsp3) is 0.364. The normalized spacial score (nSPS) is 24.2. The minimum atomic E-state index is -1.12. The molecule has 3 heteroatoms. The third kappa shape index (κ3) is 5.02. The summed E-state index contributed by atoms with van der Waals surface area (Å²) in [7, 11) is 0. The molecule has 0 spiro atoms. The number of nitrogens with one attached hydrogen (secondary N) is 1. The Morgan fingerprint density at radius 3 is 2.32 bits per heavy atom. The summed E-state index contributed by atoms with van der Waals surface area (Å²) in [5.41, 5.74) is 2.29. The molecule has 2 aromatic carbocycles. The fourth-order valence-corrected chi connectivity index (χ4v) is 3.47. The van der Waals surface area contributed by atoms with Gasteiger partial charge in [-0.25, -0.2) is 0 Å². The summed E-state index contributed by atoms with van der Waals surface area (Å²) >= 11 is 0. The van der Waals surface area contributed by atoms with Gasteiger partial charge in [-0.3, -0.25) is 5.32 Å². The van der Waals surface area contributed by atoms with Gasteiger partial charge in [0.1, 0.15) is 5.72 Å². The van der Waals surface area contributed by atoms with Crippen molar-refractivity contribution in [1.29, 1.82) is 0 Å². The molecule has 2 aromatic rings. The predicted octanol–water partition coefficient (Wildman–Crippen LogP) is 3.22. The van der Waals surface area contributed by atoms with E-state index in [0.717, 1.165) is 18.4 Å². The maximum absolute atomic E-state index is 11.1. The van der Waals surface area contributed by atoms with Crippen molar-refractivity contribution < 1.29 is 10.2 Å². The number of aliphatic hydroxyl groups is 2. The highest BCUT2D eigenvalue weighted by Gasteiger charge is 2.36. The van der Waals surface area contributed by atoms with Crippen molar-refractivity contribution in [3.63, 3.8) is 0 Å². The summed E-state index contributed by atoms with van der Waals surface area (Å²) in [6, 6.07) is 20.6. The Kier molecular flexibility index (Phi) is 6.03. The van der Waals surface area contributed by atoms with E-state index >= 15 is 0 Å². The van der Waals surface area contributed by atoms with Crippen molar-refractivity contribution in [2.75, 3.05) is 6.54 Å². The van der Waals surface area contributed by atoms with Crippen LogP contribution in [0, 0.1) is 0 Å². The van der Waals surface area contributed by atoms with Crippen LogP contribution in [0.1, 0.15) is 30.4 Å². The lowest BCUT2D eigenvalue weighted by Crippen LogP contribution is -2.54. The highest BCUT2D eigenvalue weighted by Crippen LogP contribution is 2.28. The third-order valence-electron chi connectivity index (χ3n) is 4.86. The third-order valence-corrected chi connectivity index (χ3v) is 4.86. The van der Waals surface area contributed by atoms with E-state index in [2.05, 4.69) is 47.8 Å². The molecular formula is C22H27NO2. The smallest absolute Gasteiger partial charge is 0.140 e. The first-order valence-electron chi connectivity index (χ1n) is 9.08. The first kappa shape index (κ1) is 17.9. The van der Waals surface area contributed by atoms with E-state index in [1.165, 1.54) is 11.1 Å². The summed E-state index contributed by atoms with van der Waals surface area (Å²) in [5, 5.41) is 24.4. The van der Waals surface area contributed by atoms with Crippen LogP contribution in [0.3, 0.4) is 0 Å². The zero-order valence-electron chi connectivity index (χ0n) is 14.6. The van der Waals surface area contributed by atoms with Crippen LogP contribution in [0.2, 0.25) is 0 Å². The lowest BCUT2D eigenvalue weighted by molar-refractivity contribution is -0.0365. The zero-order chi connectivity index (χ0) is 17.5. The Hall–Kier alpha value is -1.94. The Morgan fingerprint density at radius 2 is 1.68 bits per heavy atom. The molecule has 0 aliphatic carbocycles. The Bertz CT molecular complexity index is 684. The number of aliphatic hydroxyl groups excluding tert-OH is 1. The molecule has 2 unspecified atom stereocenters. The number of hydrogen-bond donors (Lipinski definition) is 3. The second kappa shape index (κ2) is 8.43. The standard InChI is InChI=1S/C22H27NO2/c24-21-14-15-23-22(25,17-21)20(16-19-10-5-2-6-11-19)13-7-12-18-8-3-1-4-9-18/h1-6,8-11,13,21,23-25H,7,12,14-17H2/b20-13+. The fourth-order valence-electron chi connectivity index (χ4n) is 3.47. The van der Waals surface area contributed by atoms with Crippen LogP contribution in [0.5, 0.6) is 0 Å². The number of benzene rings is 2. The van der Waals surface area contributed by atoms with Gasteiger partial charge in [0.2, 0.25) is 0 Å². The van der Waals surface area contributed by atoms with E-state index in [1.54, 1.807) is 0 Å². The molecular weight excluding hydrogens is 310 g/mol. The maximum Gasteiger partial charge on any atom is 0.140 e. The van der Waals surface area contributed by atoms with Crippen molar-refractivity contribution in [1.82, 2.24) is 5.32 Å². The molecule has 1 aliphatic rings. The summed E-state index contributed by atoms with van der Waals surface area (Å²) in [5.74, 6) is 0. The topological polar surface area (TPSA) is 52.5 Å². The molecule has 3 nitrogen and oxygen atoms in total. The van der Waals surface area contributed by atoms with E-state index in [9.17, 15) is 10.2 Å². The van der Waals surface area contributed by atoms with Gasteiger partial charge in [0.15, 0.2) is 0 Å². The molecule has 0 bridgehead atoms. The monoisotopic (exact) mass is 337 g/mol. The number of hydrogen-bond acceptors (Lipinski definition) is 3. The average molecular weight is 337 g/mol. The molecule has 3 N–H and O–H groups in total. The van der Waals surface area contributed by atoms with Crippen LogP contribution in [-0.2, 0) is 12.8 Å². The Balaban J connectivity index is 1.77. The first-order valence-corrected chi connectivity index (χ1v) is 9.08. The Morgan fingerprint density at radius 1 is 1.04 bits per heavy atom. The van der Waals surface area contributed by atoms with Gasteiger partial charge >= 0.3 is 0 Å². The highest BCUT2D eigenvalue weighted by molar-refractivity contribution is 5.28. The lowest BCUT2D eigenvalue weighted by atomic mass is 9.86. The number of rotatable bonds is 6. The first-order chi connectivity index (χ1) is 12.2. The van der Waals surface area contributed by atoms with Crippen LogP contribution in [0.4, 0.5) is 0 Å². The molecule has 0 radical (unpaired) electrons. The van der Waals surface area contributed by atoms with E-state index in [1.807, 2.05) is 24.3 Å². The summed E-state index contributed by atoms with van der Waals surface area (Å²) in [6.45, 7) is 0.627. The van der Waals surface area contributed by atoms with Gasteiger partial charge in [-0.1, -0.05) is 66.7 Å². The van der Waals surface area contributed by atoms with Crippen LogP contribution in [0.25, 0.3) is 0 Å². The molecule has 0 amide bonds. The molecule has 25 heavy (non-hydrogen) atoms. The molecule has 3 rings (SSSR count). The van der Waals surface area contributed by atoms with Gasteiger partial charge in [-0.15, -0.1) is 0 Å². The molecule has 1 heterocycles. The zero-order valence-corrected chi connectivity index (χ0v) is 14.6. The number of aryl methyl sites for hydroxylation is 1. The molecule has 1 fully saturated rings. The summed E-state index contributed by atoms with van der Waals surface area (Å²) < 4.78 is 0. The molecule has 132 valence electrons. The largest absolute Gasteiger partial charge is 0.393 e. The molecule has 1 aliphatic heterocycles. The molecule has 0 saturated carbocycles. The van der Waals surface area contributed by atoms with E-state index in [0.29, 0.717) is 25.8 Å². The van der Waals surface area contributed by atoms with Gasteiger partial charge in [-0.2, -0.15) is 0 Å². The second-order valence-corrected chi connectivity index (χ2v) is 6.85. The highest BCUT2D eigenvalue weighted by atomic mass is 16.3. The van der Waals surface area contributed by atoms with Gasteiger partial charge in [-0.05, 0) is 42.4 Å². The van der Waals surface area contributed by atoms with Gasteiger partial charge in [0.25, 0.3) is 0 Å². The van der Waals surface area contributed by atoms with Crippen molar-refractivity contribution >= 4 is 0 Å². The van der Waals surface area contributed by atoms with Crippen LogP contribution < -0.4 is 5.32 Å². The number of allylic oxidation sites excluding steroid dienone is 1. The minimum absolute atomic E-state index is 0.344. The van der Waals surface area contributed by atoms with Crippen molar-refractivity contribution in [3.05, 3.63) is 83.4 Å². The molecule has 0 aromatic heterocycles. The summed E-state index contributed by atoms with van der Waals surface area (Å²) in [6.07, 6.45) is 5.21. The van der Waals surface area contributed by atoms with Gasteiger partial charge in [0.05, 0.1) is 6.10 Å². The van der Waals surface area contributed by atoms with Crippen LogP contribution in [-0.4, -0.2) is 28.6 Å². The summed E-state index contributed by atoms with van der Waals surface area (Å²) in [4.78, 5) is 0. The van der Waals surface area contributed by atoms with Crippen LogP contribution >= 0.6 is 0 Å². The van der Waals surface area contributed by atoms with Crippen molar-refractivity contribution in [2.45, 2.75) is 43.9 Å². The van der Waals surface area contributed by atoms with E-state index < -0.39 is 11.8 Å². The lowest BCUT2D eigenvalue weighted by Gasteiger charge is -2.38. The van der Waals surface area contributed by atoms with Crippen LogP contribution in [0.15, 0.2) is 72.3 Å². The SMILES string of the molecule is OC1CCNC(O)(/C(=C/CCc2ccccc2)Cc2ccccc2)C1. The van der Waals surface area contributed by atoms with E-state index in [-0.39, 0.29) is 0 Å². The van der Waals surface area contributed by atoms with Crippen molar-refractivity contribution in [2.24, 2.45) is 0 Å². The molecule has 2 atom stereocenters. The molecule has 1 saturated heterocycles. The number of piperidine rings is 1. The minimum Gasteiger partial charge on any atom is -0.393 e. The van der Waals surface area contributed by atoms with Gasteiger partial charge < -0.3 is 10.2 Å². The maximum atomic E-state index is 11.1. The Labute approximate surface area is 150 Å². The quantitative estimate of drug-likeness (QED) is 0.710. The van der Waals surface area contributed by atoms with Gasteiger partial charge in [0, 0.05) is 13.0 Å².